The number of hydrogen-bond acceptors (Lipinski definition) is 8. The summed E-state index contributed by atoms with van der Waals surface area (Å²) in [5, 5.41) is 13.5. The smallest absolute Gasteiger partial charge is 0.467 e. The van der Waals surface area contributed by atoms with Crippen LogP contribution in [-0.4, -0.2) is 38.0 Å². The van der Waals surface area contributed by atoms with Gasteiger partial charge >= 0.3 is 21.6 Å². The zero-order chi connectivity index (χ0) is 22.5. The van der Waals surface area contributed by atoms with Crippen molar-refractivity contribution in [3.05, 3.63) is 64.2 Å². The number of halogens is 3. The van der Waals surface area contributed by atoms with Crippen molar-refractivity contribution in [1.29, 1.82) is 0 Å². The summed E-state index contributed by atoms with van der Waals surface area (Å²) >= 11 is 0. The topological polar surface area (TPSA) is 125 Å². The molecule has 0 unspecified atom stereocenters. The molecule has 0 aliphatic rings. The van der Waals surface area contributed by atoms with Crippen LogP contribution in [0.3, 0.4) is 0 Å². The maximum absolute atomic E-state index is 12.4. The Morgan fingerprint density at radius 2 is 1.70 bits per heavy atom. The van der Waals surface area contributed by atoms with Crippen LogP contribution in [0, 0.1) is 10.1 Å². The van der Waals surface area contributed by atoms with Gasteiger partial charge in [0.05, 0.1) is 12.0 Å². The summed E-state index contributed by atoms with van der Waals surface area (Å²) < 4.78 is 67.8. The van der Waals surface area contributed by atoms with E-state index in [1.165, 1.54) is 36.4 Å². The van der Waals surface area contributed by atoms with Crippen molar-refractivity contribution in [2.24, 2.45) is 0 Å². The number of rotatable bonds is 8. The molecule has 0 saturated heterocycles. The van der Waals surface area contributed by atoms with Gasteiger partial charge in [-0.3, -0.25) is 10.1 Å². The van der Waals surface area contributed by atoms with E-state index in [9.17, 15) is 36.5 Å². The quantitative estimate of drug-likeness (QED) is 0.215. The molecule has 0 amide bonds. The fourth-order valence-electron chi connectivity index (χ4n) is 2.31. The van der Waals surface area contributed by atoms with Gasteiger partial charge in [-0.2, -0.15) is 21.6 Å². The highest BCUT2D eigenvalue weighted by Crippen LogP contribution is 2.27. The van der Waals surface area contributed by atoms with E-state index in [2.05, 4.69) is 9.50 Å². The van der Waals surface area contributed by atoms with Crippen LogP contribution in [0.4, 0.5) is 24.5 Å². The van der Waals surface area contributed by atoms with E-state index in [1.54, 1.807) is 0 Å². The summed E-state index contributed by atoms with van der Waals surface area (Å²) in [7, 11) is -4.63. The van der Waals surface area contributed by atoms with Gasteiger partial charge in [0, 0.05) is 24.2 Å². The Kier molecular flexibility index (Phi) is 6.87. The number of nitrogens with one attached hydrogen (secondary N) is 1. The molecule has 13 heteroatoms. The van der Waals surface area contributed by atoms with Crippen LogP contribution in [-0.2, 0) is 26.1 Å². The molecule has 0 bridgehead atoms. The first-order valence-corrected chi connectivity index (χ1v) is 9.52. The van der Waals surface area contributed by atoms with Crippen molar-refractivity contribution in [1.82, 2.24) is 0 Å². The summed E-state index contributed by atoms with van der Waals surface area (Å²) in [6.07, 6.45) is 0.0238. The van der Waals surface area contributed by atoms with Gasteiger partial charge in [0.15, 0.2) is 0 Å². The third kappa shape index (κ3) is 5.83. The normalized spacial score (nSPS) is 12.7. The summed E-state index contributed by atoms with van der Waals surface area (Å²) in [5.41, 5.74) is -4.85. The Bertz CT molecular complexity index is 1010. The minimum Gasteiger partial charge on any atom is -0.467 e. The molecule has 0 aromatic heterocycles. The summed E-state index contributed by atoms with van der Waals surface area (Å²) in [6, 6.07) is 8.94. The minimum absolute atomic E-state index is 0.0238. The lowest BCUT2D eigenvalue weighted by molar-refractivity contribution is -0.384. The number of carbonyl (C=O) groups excluding carboxylic acids is 1. The highest BCUT2D eigenvalue weighted by molar-refractivity contribution is 7.88. The maximum Gasteiger partial charge on any atom is 0.534 e. The van der Waals surface area contributed by atoms with Crippen molar-refractivity contribution in [2.75, 3.05) is 12.4 Å². The molecule has 0 aliphatic carbocycles. The Morgan fingerprint density at radius 3 is 2.17 bits per heavy atom. The minimum atomic E-state index is -5.79. The fraction of sp³-hybridized carbons (Fsp3) is 0.235. The molecule has 162 valence electrons. The highest BCUT2D eigenvalue weighted by Gasteiger charge is 2.48. The Morgan fingerprint density at radius 1 is 1.13 bits per heavy atom. The van der Waals surface area contributed by atoms with Gasteiger partial charge < -0.3 is 14.2 Å². The van der Waals surface area contributed by atoms with Crippen LogP contribution >= 0.6 is 0 Å². The second kappa shape index (κ2) is 8.98. The second-order valence-electron chi connectivity index (χ2n) is 5.86. The van der Waals surface area contributed by atoms with E-state index in [-0.39, 0.29) is 12.1 Å². The first kappa shape index (κ1) is 22.9. The highest BCUT2D eigenvalue weighted by atomic mass is 32.2. The monoisotopic (exact) mass is 448 g/mol. The summed E-state index contributed by atoms with van der Waals surface area (Å²) in [6.45, 7) is 0. The van der Waals surface area contributed by atoms with Crippen molar-refractivity contribution in [2.45, 2.75) is 18.0 Å². The third-order valence-electron chi connectivity index (χ3n) is 3.76. The predicted octanol–water partition coefficient (Wildman–Crippen LogP) is 3.02. The standard InChI is InChI=1S/C17H15F3N2O7S/c1-28-16(23)15(21-12-4-6-13(7-5-12)22(24)25)10-11-2-8-14(9-3-11)29-30(26,27)17(18,19)20/h2-9,15,21H,10H2,1H3/t15-/m0/s1. The molecule has 0 aliphatic heterocycles. The van der Waals surface area contributed by atoms with E-state index in [0.717, 1.165) is 19.2 Å². The predicted molar refractivity (Wildman–Crippen MR) is 98.3 cm³/mol. The SMILES string of the molecule is COC(=O)[C@H](Cc1ccc(OS(=O)(=O)C(F)(F)F)cc1)Nc1ccc([N+](=O)[O-])cc1. The van der Waals surface area contributed by atoms with Crippen LogP contribution in [0.15, 0.2) is 48.5 Å². The summed E-state index contributed by atoms with van der Waals surface area (Å²) in [4.78, 5) is 22.2. The van der Waals surface area contributed by atoms with E-state index in [4.69, 9.17) is 4.74 Å². The Hall–Kier alpha value is -3.35. The van der Waals surface area contributed by atoms with Gasteiger partial charge in [-0.15, -0.1) is 0 Å². The lowest BCUT2D eigenvalue weighted by atomic mass is 10.1. The molecule has 0 saturated carbocycles. The largest absolute Gasteiger partial charge is 0.534 e. The molecule has 0 fully saturated rings. The van der Waals surface area contributed by atoms with Crippen molar-refractivity contribution < 1.29 is 40.2 Å². The number of esters is 1. The molecule has 0 radical (unpaired) electrons. The van der Waals surface area contributed by atoms with E-state index < -0.39 is 38.3 Å². The first-order chi connectivity index (χ1) is 13.9. The van der Waals surface area contributed by atoms with Crippen LogP contribution in [0.5, 0.6) is 5.75 Å². The number of carbonyl (C=O) groups is 1. The number of non-ortho nitro benzene ring substituents is 1. The number of hydrogen-bond donors (Lipinski definition) is 1. The molecule has 2 aromatic carbocycles. The molecule has 0 spiro atoms. The average molecular weight is 448 g/mol. The number of nitrogens with zero attached hydrogens (tertiary/aromatic N) is 1. The number of ether oxygens (including phenoxy) is 1. The summed E-state index contributed by atoms with van der Waals surface area (Å²) in [5.74, 6) is -1.21. The van der Waals surface area contributed by atoms with E-state index in [1.807, 2.05) is 0 Å². The van der Waals surface area contributed by atoms with Crippen LogP contribution < -0.4 is 9.50 Å². The molecule has 0 heterocycles. The fourth-order valence-corrected chi connectivity index (χ4v) is 2.77. The van der Waals surface area contributed by atoms with Gasteiger partial charge in [0.1, 0.15) is 11.8 Å². The first-order valence-electron chi connectivity index (χ1n) is 8.11. The number of anilines is 1. The van der Waals surface area contributed by atoms with Gasteiger partial charge in [0.2, 0.25) is 0 Å². The van der Waals surface area contributed by atoms with Crippen molar-refractivity contribution in [3.63, 3.8) is 0 Å². The molecular weight excluding hydrogens is 433 g/mol. The lowest BCUT2D eigenvalue weighted by Gasteiger charge is -2.18. The molecule has 1 N–H and O–H groups in total. The molecule has 2 rings (SSSR count). The van der Waals surface area contributed by atoms with Gasteiger partial charge in [-0.25, -0.2) is 4.79 Å². The lowest BCUT2D eigenvalue weighted by Crippen LogP contribution is -2.32. The molecule has 9 nitrogen and oxygen atoms in total. The van der Waals surface area contributed by atoms with Gasteiger partial charge in [-0.05, 0) is 29.8 Å². The van der Waals surface area contributed by atoms with E-state index in [0.29, 0.717) is 11.3 Å². The van der Waals surface area contributed by atoms with Gasteiger partial charge in [0.25, 0.3) is 5.69 Å². The molecule has 30 heavy (non-hydrogen) atoms. The van der Waals surface area contributed by atoms with Crippen molar-refractivity contribution >= 4 is 27.5 Å². The van der Waals surface area contributed by atoms with E-state index >= 15 is 0 Å². The molecular formula is C17H15F3N2O7S. The van der Waals surface area contributed by atoms with Crippen molar-refractivity contribution in [3.8, 4) is 5.75 Å². The van der Waals surface area contributed by atoms with Crippen LogP contribution in [0.1, 0.15) is 5.56 Å². The van der Waals surface area contributed by atoms with Gasteiger partial charge in [-0.1, -0.05) is 12.1 Å². The number of benzene rings is 2. The third-order valence-corrected chi connectivity index (χ3v) is 4.74. The molecule has 2 aromatic rings. The average Bonchev–Trinajstić information content (AvgIpc) is 2.67. The number of alkyl halides is 3. The van der Waals surface area contributed by atoms with Crippen LogP contribution in [0.25, 0.3) is 0 Å². The molecule has 1 atom stereocenters. The zero-order valence-electron chi connectivity index (χ0n) is 15.3. The maximum atomic E-state index is 12.4. The van der Waals surface area contributed by atoms with Crippen LogP contribution in [0.2, 0.25) is 0 Å². The Balaban J connectivity index is 2.13. The number of methoxy groups -OCH3 is 1. The number of nitro benzene ring substituents is 1. The zero-order valence-corrected chi connectivity index (χ0v) is 16.1. The Labute approximate surface area is 168 Å². The number of nitro groups is 1. The second-order valence-corrected chi connectivity index (χ2v) is 7.39.